The van der Waals surface area contributed by atoms with Crippen LogP contribution >= 0.6 is 0 Å². The highest BCUT2D eigenvalue weighted by Gasteiger charge is 2.24. The SMILES string of the molecule is CCNc1nc2c(cc1C#N)CCC2CC. The van der Waals surface area contributed by atoms with Crippen molar-refractivity contribution in [3.63, 3.8) is 0 Å². The molecule has 16 heavy (non-hydrogen) atoms. The van der Waals surface area contributed by atoms with Gasteiger partial charge >= 0.3 is 0 Å². The Morgan fingerprint density at radius 2 is 2.38 bits per heavy atom. The monoisotopic (exact) mass is 215 g/mol. The summed E-state index contributed by atoms with van der Waals surface area (Å²) in [5.74, 6) is 1.34. The topological polar surface area (TPSA) is 48.7 Å². The molecule has 1 unspecified atom stereocenters. The van der Waals surface area contributed by atoms with Crippen LogP contribution in [0.3, 0.4) is 0 Å². The molecule has 1 heterocycles. The average molecular weight is 215 g/mol. The van der Waals surface area contributed by atoms with Gasteiger partial charge in [0.25, 0.3) is 0 Å². The lowest BCUT2D eigenvalue weighted by atomic mass is 10.0. The highest BCUT2D eigenvalue weighted by molar-refractivity contribution is 5.55. The van der Waals surface area contributed by atoms with Crippen molar-refractivity contribution in [1.82, 2.24) is 4.98 Å². The number of pyridine rings is 1. The minimum atomic E-state index is 0.583. The molecule has 1 aliphatic carbocycles. The predicted octanol–water partition coefficient (Wildman–Crippen LogP) is 2.82. The second-order valence-corrected chi connectivity index (χ2v) is 4.21. The van der Waals surface area contributed by atoms with Gasteiger partial charge in [-0.2, -0.15) is 5.26 Å². The molecule has 0 spiro atoms. The molecule has 1 aromatic heterocycles. The Bertz CT molecular complexity index is 431. The number of aromatic nitrogens is 1. The Morgan fingerprint density at radius 1 is 1.56 bits per heavy atom. The van der Waals surface area contributed by atoms with Crippen molar-refractivity contribution in [1.29, 1.82) is 5.26 Å². The summed E-state index contributed by atoms with van der Waals surface area (Å²) in [5, 5.41) is 12.2. The van der Waals surface area contributed by atoms with E-state index in [1.165, 1.54) is 17.7 Å². The Labute approximate surface area is 96.5 Å². The first-order chi connectivity index (χ1) is 7.80. The van der Waals surface area contributed by atoms with Crippen LogP contribution in [0.4, 0.5) is 5.82 Å². The number of anilines is 1. The Kier molecular flexibility index (Phi) is 3.09. The number of hydrogen-bond acceptors (Lipinski definition) is 3. The van der Waals surface area contributed by atoms with Gasteiger partial charge in [0.2, 0.25) is 0 Å². The molecule has 1 aromatic rings. The third kappa shape index (κ3) is 1.76. The minimum Gasteiger partial charge on any atom is -0.369 e. The molecule has 1 atom stereocenters. The van der Waals surface area contributed by atoms with Gasteiger partial charge in [-0.1, -0.05) is 6.92 Å². The van der Waals surface area contributed by atoms with Crippen molar-refractivity contribution in [3.05, 3.63) is 22.9 Å². The van der Waals surface area contributed by atoms with Crippen molar-refractivity contribution in [3.8, 4) is 6.07 Å². The van der Waals surface area contributed by atoms with E-state index < -0.39 is 0 Å². The molecular weight excluding hydrogens is 198 g/mol. The molecular formula is C13H17N3. The van der Waals surface area contributed by atoms with Gasteiger partial charge in [0.1, 0.15) is 11.9 Å². The zero-order valence-corrected chi connectivity index (χ0v) is 9.88. The summed E-state index contributed by atoms with van der Waals surface area (Å²) in [4.78, 5) is 4.63. The zero-order valence-electron chi connectivity index (χ0n) is 9.88. The predicted molar refractivity (Wildman–Crippen MR) is 64.5 cm³/mol. The average Bonchev–Trinajstić information content (AvgIpc) is 2.70. The number of nitriles is 1. The molecule has 1 aliphatic rings. The van der Waals surface area contributed by atoms with Crippen molar-refractivity contribution in [2.75, 3.05) is 11.9 Å². The standard InChI is InChI=1S/C13H17N3/c1-3-9-5-6-10-7-11(8-14)13(15-4-2)16-12(9)10/h7,9H,3-6H2,1-2H3,(H,15,16). The third-order valence-corrected chi connectivity index (χ3v) is 3.24. The normalized spacial score (nSPS) is 17.9. The number of nitrogens with one attached hydrogen (secondary N) is 1. The molecule has 0 bridgehead atoms. The summed E-state index contributed by atoms with van der Waals surface area (Å²) in [6.07, 6.45) is 3.39. The maximum atomic E-state index is 9.07. The van der Waals surface area contributed by atoms with E-state index in [2.05, 4.69) is 23.3 Å². The van der Waals surface area contributed by atoms with Crippen LogP contribution < -0.4 is 5.32 Å². The van der Waals surface area contributed by atoms with Crippen molar-refractivity contribution < 1.29 is 0 Å². The molecule has 0 fully saturated rings. The van der Waals surface area contributed by atoms with E-state index in [1.807, 2.05) is 13.0 Å². The van der Waals surface area contributed by atoms with Gasteiger partial charge in [0.15, 0.2) is 0 Å². The largest absolute Gasteiger partial charge is 0.369 e. The minimum absolute atomic E-state index is 0.583. The maximum absolute atomic E-state index is 9.07. The van der Waals surface area contributed by atoms with Crippen LogP contribution in [0.25, 0.3) is 0 Å². The van der Waals surface area contributed by atoms with Crippen molar-refractivity contribution in [2.24, 2.45) is 0 Å². The van der Waals surface area contributed by atoms with Crippen molar-refractivity contribution in [2.45, 2.75) is 39.0 Å². The lowest BCUT2D eigenvalue weighted by Crippen LogP contribution is -2.05. The second-order valence-electron chi connectivity index (χ2n) is 4.21. The van der Waals surface area contributed by atoms with Crippen LogP contribution in [-0.2, 0) is 6.42 Å². The second kappa shape index (κ2) is 4.52. The fraction of sp³-hybridized carbons (Fsp3) is 0.538. The Hall–Kier alpha value is -1.56. The lowest BCUT2D eigenvalue weighted by Gasteiger charge is -2.11. The molecule has 3 nitrogen and oxygen atoms in total. The van der Waals surface area contributed by atoms with E-state index >= 15 is 0 Å². The first kappa shape index (κ1) is 10.9. The molecule has 3 heteroatoms. The van der Waals surface area contributed by atoms with E-state index in [0.717, 1.165) is 25.2 Å². The highest BCUT2D eigenvalue weighted by atomic mass is 15.0. The first-order valence-electron chi connectivity index (χ1n) is 5.97. The third-order valence-electron chi connectivity index (χ3n) is 3.24. The van der Waals surface area contributed by atoms with E-state index in [9.17, 15) is 0 Å². The quantitative estimate of drug-likeness (QED) is 0.843. The number of hydrogen-bond donors (Lipinski definition) is 1. The molecule has 0 radical (unpaired) electrons. The number of rotatable bonds is 3. The van der Waals surface area contributed by atoms with Crippen LogP contribution in [-0.4, -0.2) is 11.5 Å². The number of nitrogens with zero attached hydrogens (tertiary/aromatic N) is 2. The fourth-order valence-electron chi connectivity index (χ4n) is 2.37. The molecule has 0 amide bonds. The van der Waals surface area contributed by atoms with Gasteiger partial charge in [-0.25, -0.2) is 4.98 Å². The van der Waals surface area contributed by atoms with E-state index in [0.29, 0.717) is 11.5 Å². The molecule has 1 N–H and O–H groups in total. The zero-order chi connectivity index (χ0) is 11.5. The highest BCUT2D eigenvalue weighted by Crippen LogP contribution is 2.35. The van der Waals surface area contributed by atoms with Gasteiger partial charge in [0.05, 0.1) is 5.56 Å². The smallest absolute Gasteiger partial charge is 0.144 e. The van der Waals surface area contributed by atoms with Gasteiger partial charge < -0.3 is 5.32 Å². The van der Waals surface area contributed by atoms with Gasteiger partial charge in [-0.15, -0.1) is 0 Å². The van der Waals surface area contributed by atoms with Crippen LogP contribution in [0.5, 0.6) is 0 Å². The number of fused-ring (bicyclic) bond motifs is 1. The van der Waals surface area contributed by atoms with Crippen LogP contribution in [0.15, 0.2) is 6.07 Å². The summed E-state index contributed by atoms with van der Waals surface area (Å²) in [6.45, 7) is 5.02. The van der Waals surface area contributed by atoms with Crippen LogP contribution in [0.1, 0.15) is 49.4 Å². The molecule has 0 saturated heterocycles. The first-order valence-corrected chi connectivity index (χ1v) is 5.97. The summed E-state index contributed by atoms with van der Waals surface area (Å²) in [7, 11) is 0. The summed E-state index contributed by atoms with van der Waals surface area (Å²) < 4.78 is 0. The molecule has 84 valence electrons. The maximum Gasteiger partial charge on any atom is 0.144 e. The summed E-state index contributed by atoms with van der Waals surface area (Å²) in [6, 6.07) is 4.23. The van der Waals surface area contributed by atoms with Crippen LogP contribution in [0, 0.1) is 11.3 Å². The molecule has 0 aliphatic heterocycles. The fourth-order valence-corrected chi connectivity index (χ4v) is 2.37. The Balaban J connectivity index is 2.44. The summed E-state index contributed by atoms with van der Waals surface area (Å²) >= 11 is 0. The number of aryl methyl sites for hydroxylation is 1. The van der Waals surface area contributed by atoms with Crippen molar-refractivity contribution >= 4 is 5.82 Å². The lowest BCUT2D eigenvalue weighted by molar-refractivity contribution is 0.643. The van der Waals surface area contributed by atoms with Gasteiger partial charge in [-0.3, -0.25) is 0 Å². The van der Waals surface area contributed by atoms with Gasteiger partial charge in [-0.05, 0) is 37.8 Å². The van der Waals surface area contributed by atoms with Crippen LogP contribution in [0.2, 0.25) is 0 Å². The van der Waals surface area contributed by atoms with E-state index in [-0.39, 0.29) is 0 Å². The molecule has 0 saturated carbocycles. The van der Waals surface area contributed by atoms with E-state index in [4.69, 9.17) is 5.26 Å². The van der Waals surface area contributed by atoms with Gasteiger partial charge in [0, 0.05) is 18.2 Å². The van der Waals surface area contributed by atoms with E-state index in [1.54, 1.807) is 0 Å². The molecule has 2 rings (SSSR count). The Morgan fingerprint density at radius 3 is 3.00 bits per heavy atom. The molecule has 0 aromatic carbocycles. The summed E-state index contributed by atoms with van der Waals surface area (Å²) in [5.41, 5.74) is 3.15.